The number of hydrogen-bond acceptors (Lipinski definition) is 5. The van der Waals surface area contributed by atoms with Gasteiger partial charge in [0.05, 0.1) is 0 Å². The van der Waals surface area contributed by atoms with Gasteiger partial charge in [0.1, 0.15) is 11.6 Å². The summed E-state index contributed by atoms with van der Waals surface area (Å²) in [7, 11) is 0. The van der Waals surface area contributed by atoms with E-state index in [0.29, 0.717) is 5.82 Å². The van der Waals surface area contributed by atoms with Crippen LogP contribution in [0.15, 0.2) is 24.3 Å². The minimum atomic E-state index is 0.254. The number of benzene rings is 1. The van der Waals surface area contributed by atoms with E-state index in [1.165, 1.54) is 11.1 Å². The maximum absolute atomic E-state index is 5.70. The lowest BCUT2D eigenvalue weighted by atomic mass is 10.1. The standard InChI is InChI=1S/C14H19N5/c1-4-16-12-8-13(19-14(15)18-12)17-11-6-5-9(2)10(3)7-11/h5-8H,4H2,1-3H3,(H4,15,16,17,18,19). The molecule has 0 bridgehead atoms. The first-order chi connectivity index (χ1) is 9.08. The van der Waals surface area contributed by atoms with E-state index in [-0.39, 0.29) is 5.95 Å². The molecule has 2 aromatic rings. The molecule has 0 aliphatic rings. The van der Waals surface area contributed by atoms with Gasteiger partial charge in [-0.15, -0.1) is 0 Å². The number of hydrogen-bond donors (Lipinski definition) is 3. The Bertz CT molecular complexity index is 580. The number of aromatic nitrogens is 2. The Morgan fingerprint density at radius 1 is 1.05 bits per heavy atom. The molecule has 0 aliphatic carbocycles. The molecule has 0 unspecified atom stereocenters. The van der Waals surface area contributed by atoms with Crippen molar-refractivity contribution in [1.82, 2.24) is 9.97 Å². The van der Waals surface area contributed by atoms with Crippen LogP contribution in [-0.4, -0.2) is 16.5 Å². The van der Waals surface area contributed by atoms with Crippen molar-refractivity contribution in [2.24, 2.45) is 0 Å². The zero-order valence-corrected chi connectivity index (χ0v) is 11.5. The molecule has 19 heavy (non-hydrogen) atoms. The van der Waals surface area contributed by atoms with Crippen LogP contribution in [0.25, 0.3) is 0 Å². The number of nitrogen functional groups attached to an aromatic ring is 1. The molecule has 0 radical (unpaired) electrons. The summed E-state index contributed by atoms with van der Waals surface area (Å²) in [5.74, 6) is 1.66. The molecule has 5 heteroatoms. The predicted octanol–water partition coefficient (Wildman–Crippen LogP) is 2.85. The van der Waals surface area contributed by atoms with Gasteiger partial charge in [-0.2, -0.15) is 9.97 Å². The topological polar surface area (TPSA) is 75.9 Å². The zero-order valence-electron chi connectivity index (χ0n) is 11.5. The highest BCUT2D eigenvalue weighted by atomic mass is 15.1. The smallest absolute Gasteiger partial charge is 0.223 e. The van der Waals surface area contributed by atoms with Crippen molar-refractivity contribution in [3.63, 3.8) is 0 Å². The number of nitrogens with two attached hydrogens (primary N) is 1. The molecule has 1 heterocycles. The van der Waals surface area contributed by atoms with Gasteiger partial charge in [-0.25, -0.2) is 0 Å². The van der Waals surface area contributed by atoms with Crippen LogP contribution in [0, 0.1) is 13.8 Å². The Balaban J connectivity index is 2.24. The molecular weight excluding hydrogens is 238 g/mol. The van der Waals surface area contributed by atoms with E-state index in [2.05, 4.69) is 46.6 Å². The normalized spacial score (nSPS) is 10.3. The molecule has 0 saturated carbocycles. The number of anilines is 4. The van der Waals surface area contributed by atoms with E-state index in [1.807, 2.05) is 19.1 Å². The van der Waals surface area contributed by atoms with E-state index in [0.717, 1.165) is 18.1 Å². The summed E-state index contributed by atoms with van der Waals surface area (Å²) in [6.45, 7) is 6.97. The van der Waals surface area contributed by atoms with Gasteiger partial charge in [0.15, 0.2) is 0 Å². The monoisotopic (exact) mass is 257 g/mol. The van der Waals surface area contributed by atoms with Crippen molar-refractivity contribution < 1.29 is 0 Å². The van der Waals surface area contributed by atoms with Crippen molar-refractivity contribution >= 4 is 23.3 Å². The highest BCUT2D eigenvalue weighted by Gasteiger charge is 2.03. The van der Waals surface area contributed by atoms with Gasteiger partial charge in [0.2, 0.25) is 5.95 Å². The van der Waals surface area contributed by atoms with Gasteiger partial charge < -0.3 is 16.4 Å². The largest absolute Gasteiger partial charge is 0.370 e. The van der Waals surface area contributed by atoms with Crippen LogP contribution in [0.4, 0.5) is 23.3 Å². The Labute approximate surface area is 113 Å². The molecule has 0 spiro atoms. The summed E-state index contributed by atoms with van der Waals surface area (Å²) in [6, 6.07) is 8.02. The van der Waals surface area contributed by atoms with Crippen LogP contribution < -0.4 is 16.4 Å². The van der Waals surface area contributed by atoms with E-state index < -0.39 is 0 Å². The fourth-order valence-electron chi connectivity index (χ4n) is 1.77. The second-order valence-electron chi connectivity index (χ2n) is 4.45. The Morgan fingerprint density at radius 3 is 2.47 bits per heavy atom. The number of nitrogens with zero attached hydrogens (tertiary/aromatic N) is 2. The summed E-state index contributed by atoms with van der Waals surface area (Å²) in [5, 5.41) is 6.36. The van der Waals surface area contributed by atoms with E-state index in [9.17, 15) is 0 Å². The highest BCUT2D eigenvalue weighted by Crippen LogP contribution is 2.20. The third-order valence-corrected chi connectivity index (χ3v) is 2.88. The quantitative estimate of drug-likeness (QED) is 0.785. The second kappa shape index (κ2) is 5.56. The summed E-state index contributed by atoms with van der Waals surface area (Å²) < 4.78 is 0. The molecule has 100 valence electrons. The molecular formula is C14H19N5. The summed E-state index contributed by atoms with van der Waals surface area (Å²) >= 11 is 0. The van der Waals surface area contributed by atoms with E-state index >= 15 is 0 Å². The van der Waals surface area contributed by atoms with Crippen molar-refractivity contribution in [2.75, 3.05) is 22.9 Å². The average molecular weight is 257 g/mol. The van der Waals surface area contributed by atoms with E-state index in [1.54, 1.807) is 0 Å². The third kappa shape index (κ3) is 3.34. The minimum absolute atomic E-state index is 0.254. The Hall–Kier alpha value is -2.30. The molecule has 1 aromatic carbocycles. The van der Waals surface area contributed by atoms with Crippen molar-refractivity contribution in [2.45, 2.75) is 20.8 Å². The van der Waals surface area contributed by atoms with Crippen LogP contribution >= 0.6 is 0 Å². The Morgan fingerprint density at radius 2 is 1.79 bits per heavy atom. The third-order valence-electron chi connectivity index (χ3n) is 2.88. The molecule has 5 nitrogen and oxygen atoms in total. The molecule has 0 aliphatic heterocycles. The van der Waals surface area contributed by atoms with E-state index in [4.69, 9.17) is 5.73 Å². The second-order valence-corrected chi connectivity index (χ2v) is 4.45. The molecule has 0 amide bonds. The van der Waals surface area contributed by atoms with Crippen molar-refractivity contribution in [3.8, 4) is 0 Å². The van der Waals surface area contributed by atoms with Gasteiger partial charge in [0.25, 0.3) is 0 Å². The highest BCUT2D eigenvalue weighted by molar-refractivity contribution is 5.61. The maximum Gasteiger partial charge on any atom is 0.223 e. The zero-order chi connectivity index (χ0) is 13.8. The minimum Gasteiger partial charge on any atom is -0.370 e. The van der Waals surface area contributed by atoms with Gasteiger partial charge >= 0.3 is 0 Å². The number of rotatable bonds is 4. The molecule has 0 fully saturated rings. The first kappa shape index (κ1) is 13.1. The first-order valence-electron chi connectivity index (χ1n) is 6.31. The average Bonchev–Trinajstić information content (AvgIpc) is 2.33. The molecule has 0 atom stereocenters. The van der Waals surface area contributed by atoms with Crippen LogP contribution in [0.5, 0.6) is 0 Å². The van der Waals surface area contributed by atoms with Crippen LogP contribution in [0.1, 0.15) is 18.1 Å². The van der Waals surface area contributed by atoms with Crippen molar-refractivity contribution in [1.29, 1.82) is 0 Å². The van der Waals surface area contributed by atoms with Crippen LogP contribution in [0.3, 0.4) is 0 Å². The van der Waals surface area contributed by atoms with Gasteiger partial charge in [-0.05, 0) is 44.0 Å². The predicted molar refractivity (Wildman–Crippen MR) is 79.8 cm³/mol. The fraction of sp³-hybridized carbons (Fsp3) is 0.286. The fourth-order valence-corrected chi connectivity index (χ4v) is 1.77. The molecule has 4 N–H and O–H groups in total. The molecule has 0 saturated heterocycles. The number of nitrogens with one attached hydrogen (secondary N) is 2. The molecule has 2 rings (SSSR count). The summed E-state index contributed by atoms with van der Waals surface area (Å²) in [5.41, 5.74) is 9.18. The lowest BCUT2D eigenvalue weighted by molar-refractivity contribution is 1.12. The summed E-state index contributed by atoms with van der Waals surface area (Å²) in [6.07, 6.45) is 0. The van der Waals surface area contributed by atoms with Gasteiger partial charge in [0, 0.05) is 18.3 Å². The summed E-state index contributed by atoms with van der Waals surface area (Å²) in [4.78, 5) is 8.29. The SMILES string of the molecule is CCNc1cc(Nc2ccc(C)c(C)c2)nc(N)n1. The van der Waals surface area contributed by atoms with Crippen LogP contribution in [0.2, 0.25) is 0 Å². The van der Waals surface area contributed by atoms with Crippen LogP contribution in [-0.2, 0) is 0 Å². The first-order valence-corrected chi connectivity index (χ1v) is 6.31. The maximum atomic E-state index is 5.70. The van der Waals surface area contributed by atoms with Crippen molar-refractivity contribution in [3.05, 3.63) is 35.4 Å². The number of aryl methyl sites for hydroxylation is 2. The lowest BCUT2D eigenvalue weighted by Gasteiger charge is -2.10. The Kier molecular flexibility index (Phi) is 3.85. The van der Waals surface area contributed by atoms with Gasteiger partial charge in [-0.3, -0.25) is 0 Å². The molecule has 1 aromatic heterocycles. The van der Waals surface area contributed by atoms with Gasteiger partial charge in [-0.1, -0.05) is 6.07 Å². The lowest BCUT2D eigenvalue weighted by Crippen LogP contribution is -2.05.